The molecule has 0 aromatic carbocycles. The molecule has 0 spiro atoms. The van der Waals surface area contributed by atoms with Gasteiger partial charge in [0.1, 0.15) is 0 Å². The maximum absolute atomic E-state index is 11.3. The summed E-state index contributed by atoms with van der Waals surface area (Å²) in [5.74, 6) is 0.284. The molecule has 0 unspecified atom stereocenters. The molecular formula is C22H38O2. The quantitative estimate of drug-likeness (QED) is 0.177. The van der Waals surface area contributed by atoms with Crippen LogP contribution in [0.25, 0.3) is 0 Å². The summed E-state index contributed by atoms with van der Waals surface area (Å²) in [7, 11) is 0. The molecule has 0 aromatic rings. The standard InChI is InChI=1S/C22H38O2/c1-2-3-4-5-6-7-8-9-10-11-12-13-14-15-16-17-20-24-22(23)21-18-19-21/h6-7,9-10,21H,2-5,8,11-20H2,1H3. The summed E-state index contributed by atoms with van der Waals surface area (Å²) in [5.41, 5.74) is 0. The van der Waals surface area contributed by atoms with Gasteiger partial charge in [0.2, 0.25) is 0 Å². The fraction of sp³-hybridized carbons (Fsp3) is 0.773. The molecule has 0 bridgehead atoms. The topological polar surface area (TPSA) is 26.3 Å². The fourth-order valence-electron chi connectivity index (χ4n) is 2.70. The molecule has 0 heterocycles. The van der Waals surface area contributed by atoms with Crippen LogP contribution in [0.4, 0.5) is 0 Å². The Labute approximate surface area is 149 Å². The van der Waals surface area contributed by atoms with Gasteiger partial charge in [-0.25, -0.2) is 0 Å². The van der Waals surface area contributed by atoms with Crippen molar-refractivity contribution in [1.29, 1.82) is 0 Å². The van der Waals surface area contributed by atoms with Gasteiger partial charge in [0.25, 0.3) is 0 Å². The molecule has 138 valence electrons. The fourth-order valence-corrected chi connectivity index (χ4v) is 2.70. The second-order valence-corrected chi connectivity index (χ2v) is 7.03. The first-order valence-electron chi connectivity index (χ1n) is 10.3. The number of carbonyl (C=O) groups is 1. The van der Waals surface area contributed by atoms with Crippen LogP contribution in [0.2, 0.25) is 0 Å². The predicted octanol–water partition coefficient (Wildman–Crippen LogP) is 6.75. The molecule has 1 aliphatic rings. The van der Waals surface area contributed by atoms with Gasteiger partial charge in [0.05, 0.1) is 12.5 Å². The number of hydrogen-bond acceptors (Lipinski definition) is 2. The lowest BCUT2D eigenvalue weighted by molar-refractivity contribution is -0.145. The first-order chi connectivity index (χ1) is 11.8. The van der Waals surface area contributed by atoms with Crippen molar-refractivity contribution in [2.24, 2.45) is 5.92 Å². The maximum Gasteiger partial charge on any atom is 0.308 e. The van der Waals surface area contributed by atoms with Gasteiger partial charge in [-0.3, -0.25) is 4.79 Å². The van der Waals surface area contributed by atoms with Crippen molar-refractivity contribution in [3.05, 3.63) is 24.3 Å². The van der Waals surface area contributed by atoms with E-state index in [2.05, 4.69) is 31.2 Å². The second-order valence-electron chi connectivity index (χ2n) is 7.03. The molecule has 0 aromatic heterocycles. The zero-order valence-corrected chi connectivity index (χ0v) is 15.8. The molecule has 1 saturated carbocycles. The molecule has 1 fully saturated rings. The van der Waals surface area contributed by atoms with Gasteiger partial charge in [-0.2, -0.15) is 0 Å². The predicted molar refractivity (Wildman–Crippen MR) is 103 cm³/mol. The second kappa shape index (κ2) is 15.5. The normalized spacial score (nSPS) is 14.7. The smallest absolute Gasteiger partial charge is 0.308 e. The number of allylic oxidation sites excluding steroid dienone is 4. The van der Waals surface area contributed by atoms with Crippen LogP contribution in [-0.4, -0.2) is 12.6 Å². The van der Waals surface area contributed by atoms with E-state index in [1.165, 1.54) is 64.2 Å². The van der Waals surface area contributed by atoms with Crippen molar-refractivity contribution >= 4 is 5.97 Å². The van der Waals surface area contributed by atoms with Crippen LogP contribution < -0.4 is 0 Å². The van der Waals surface area contributed by atoms with Crippen LogP contribution in [-0.2, 0) is 9.53 Å². The van der Waals surface area contributed by atoms with E-state index in [-0.39, 0.29) is 11.9 Å². The van der Waals surface area contributed by atoms with Crippen LogP contribution in [0.1, 0.15) is 96.8 Å². The van der Waals surface area contributed by atoms with Crippen molar-refractivity contribution in [3.8, 4) is 0 Å². The third kappa shape index (κ3) is 13.4. The molecule has 1 rings (SSSR count). The van der Waals surface area contributed by atoms with E-state index in [1.807, 2.05) is 0 Å². The monoisotopic (exact) mass is 334 g/mol. The molecular weight excluding hydrogens is 296 g/mol. The Balaban J connectivity index is 1.73. The Hall–Kier alpha value is -1.05. The first-order valence-corrected chi connectivity index (χ1v) is 10.3. The number of ether oxygens (including phenoxy) is 1. The van der Waals surface area contributed by atoms with Crippen LogP contribution in [0.15, 0.2) is 24.3 Å². The summed E-state index contributed by atoms with van der Waals surface area (Å²) in [5, 5.41) is 0. The van der Waals surface area contributed by atoms with Gasteiger partial charge in [-0.15, -0.1) is 0 Å². The summed E-state index contributed by atoms with van der Waals surface area (Å²) in [6.07, 6.45) is 26.3. The highest BCUT2D eigenvalue weighted by Crippen LogP contribution is 2.30. The Bertz CT molecular complexity index is 353. The van der Waals surface area contributed by atoms with E-state index in [9.17, 15) is 4.79 Å². The van der Waals surface area contributed by atoms with Crippen molar-refractivity contribution in [1.82, 2.24) is 0 Å². The van der Waals surface area contributed by atoms with E-state index >= 15 is 0 Å². The first kappa shape index (κ1) is 21.0. The minimum Gasteiger partial charge on any atom is -0.465 e. The third-order valence-corrected chi connectivity index (χ3v) is 4.50. The largest absolute Gasteiger partial charge is 0.465 e. The number of carbonyl (C=O) groups excluding carboxylic acids is 1. The van der Waals surface area contributed by atoms with Gasteiger partial charge in [-0.05, 0) is 51.4 Å². The van der Waals surface area contributed by atoms with Gasteiger partial charge in [-0.1, -0.05) is 69.8 Å². The molecule has 1 aliphatic carbocycles. The van der Waals surface area contributed by atoms with E-state index < -0.39 is 0 Å². The Morgan fingerprint density at radius 3 is 2.04 bits per heavy atom. The van der Waals surface area contributed by atoms with Crippen LogP contribution in [0.3, 0.4) is 0 Å². The summed E-state index contributed by atoms with van der Waals surface area (Å²) in [4.78, 5) is 11.3. The minimum absolute atomic E-state index is 0.0394. The Morgan fingerprint density at radius 2 is 1.42 bits per heavy atom. The maximum atomic E-state index is 11.3. The molecule has 0 aliphatic heterocycles. The Kier molecular flexibility index (Phi) is 13.5. The zero-order chi connectivity index (χ0) is 17.3. The van der Waals surface area contributed by atoms with Gasteiger partial charge >= 0.3 is 5.97 Å². The highest BCUT2D eigenvalue weighted by molar-refractivity contribution is 5.74. The number of rotatable bonds is 16. The van der Waals surface area contributed by atoms with Crippen molar-refractivity contribution in [2.45, 2.75) is 96.8 Å². The number of hydrogen-bond donors (Lipinski definition) is 0. The summed E-state index contributed by atoms with van der Waals surface area (Å²) < 4.78 is 5.23. The molecule has 0 N–H and O–H groups in total. The van der Waals surface area contributed by atoms with Gasteiger partial charge < -0.3 is 4.74 Å². The molecule has 0 amide bonds. The van der Waals surface area contributed by atoms with Crippen molar-refractivity contribution in [2.75, 3.05) is 6.61 Å². The van der Waals surface area contributed by atoms with Gasteiger partial charge in [0.15, 0.2) is 0 Å². The molecule has 0 atom stereocenters. The lowest BCUT2D eigenvalue weighted by Gasteiger charge is -2.03. The molecule has 0 saturated heterocycles. The average molecular weight is 335 g/mol. The lowest BCUT2D eigenvalue weighted by Crippen LogP contribution is -2.07. The van der Waals surface area contributed by atoms with E-state index in [0.29, 0.717) is 6.61 Å². The van der Waals surface area contributed by atoms with Crippen LogP contribution >= 0.6 is 0 Å². The number of esters is 1. The van der Waals surface area contributed by atoms with Gasteiger partial charge in [0, 0.05) is 0 Å². The zero-order valence-electron chi connectivity index (χ0n) is 15.8. The Morgan fingerprint density at radius 1 is 0.833 bits per heavy atom. The number of unbranched alkanes of at least 4 members (excludes halogenated alkanes) is 9. The molecule has 2 nitrogen and oxygen atoms in total. The lowest BCUT2D eigenvalue weighted by atomic mass is 10.1. The van der Waals surface area contributed by atoms with Crippen LogP contribution in [0.5, 0.6) is 0 Å². The SMILES string of the molecule is CCCCCC=CCC=CCCCCCCCCOC(=O)C1CC1. The minimum atomic E-state index is 0.0394. The van der Waals surface area contributed by atoms with E-state index in [0.717, 1.165) is 25.7 Å². The van der Waals surface area contributed by atoms with Crippen molar-refractivity contribution < 1.29 is 9.53 Å². The van der Waals surface area contributed by atoms with E-state index in [1.54, 1.807) is 0 Å². The molecule has 2 heteroatoms. The van der Waals surface area contributed by atoms with E-state index in [4.69, 9.17) is 4.74 Å². The average Bonchev–Trinajstić information content (AvgIpc) is 3.42. The summed E-state index contributed by atoms with van der Waals surface area (Å²) in [6, 6.07) is 0. The molecule has 0 radical (unpaired) electrons. The highest BCUT2D eigenvalue weighted by atomic mass is 16.5. The third-order valence-electron chi connectivity index (χ3n) is 4.50. The van der Waals surface area contributed by atoms with Crippen molar-refractivity contribution in [3.63, 3.8) is 0 Å². The highest BCUT2D eigenvalue weighted by Gasteiger charge is 2.30. The molecule has 24 heavy (non-hydrogen) atoms. The van der Waals surface area contributed by atoms with Crippen LogP contribution in [0, 0.1) is 5.92 Å². The summed E-state index contributed by atoms with van der Waals surface area (Å²) >= 11 is 0. The summed E-state index contributed by atoms with van der Waals surface area (Å²) in [6.45, 7) is 2.88.